The van der Waals surface area contributed by atoms with Crippen LogP contribution in [0.1, 0.15) is 47.8 Å². The minimum Gasteiger partial charge on any atom is -0.345 e. The fourth-order valence-electron chi connectivity index (χ4n) is 3.76. The summed E-state index contributed by atoms with van der Waals surface area (Å²) in [5, 5.41) is 12.0. The molecule has 7 heteroatoms. The van der Waals surface area contributed by atoms with E-state index in [-0.39, 0.29) is 28.6 Å². The van der Waals surface area contributed by atoms with Gasteiger partial charge in [-0.15, -0.1) is 0 Å². The van der Waals surface area contributed by atoms with Crippen molar-refractivity contribution in [2.24, 2.45) is 0 Å². The third kappa shape index (κ3) is 3.74. The molecule has 4 aromatic rings. The Bertz CT molecular complexity index is 1400. The van der Waals surface area contributed by atoms with E-state index in [0.717, 1.165) is 17.5 Å². The summed E-state index contributed by atoms with van der Waals surface area (Å²) in [6.07, 6.45) is 2.48. The molecule has 0 saturated carbocycles. The maximum atomic E-state index is 13.2. The smallest absolute Gasteiger partial charge is 0.267 e. The third-order valence-corrected chi connectivity index (χ3v) is 5.39. The zero-order valence-electron chi connectivity index (χ0n) is 17.8. The highest BCUT2D eigenvalue weighted by Crippen LogP contribution is 2.14. The molecule has 3 heterocycles. The van der Waals surface area contributed by atoms with E-state index in [0.29, 0.717) is 23.2 Å². The normalized spacial score (nSPS) is 12.2. The standard InChI is InChI=1S/C24H25N5O2/c1-4-12-28-21(25)18(23(30)26-16(3)17-8-6-5-7-9-17)13-19-22(28)27-20-11-10-15(2)14-29(20)24(19)31/h5-11,13-14,16,25H,4,12H2,1-3H3,(H,26,30)/t16-/m1/s1. The van der Waals surface area contributed by atoms with Crippen molar-refractivity contribution >= 4 is 22.6 Å². The Labute approximate surface area is 179 Å². The highest BCUT2D eigenvalue weighted by Gasteiger charge is 2.19. The van der Waals surface area contributed by atoms with Crippen molar-refractivity contribution < 1.29 is 4.79 Å². The van der Waals surface area contributed by atoms with Gasteiger partial charge >= 0.3 is 0 Å². The lowest BCUT2D eigenvalue weighted by Gasteiger charge is -2.17. The predicted octanol–water partition coefficient (Wildman–Crippen LogP) is 3.34. The number of amides is 1. The Morgan fingerprint density at radius 1 is 1.19 bits per heavy atom. The van der Waals surface area contributed by atoms with Crippen LogP contribution < -0.4 is 16.4 Å². The Hall–Kier alpha value is -3.74. The third-order valence-electron chi connectivity index (χ3n) is 5.39. The number of pyridine rings is 2. The lowest BCUT2D eigenvalue weighted by atomic mass is 10.1. The highest BCUT2D eigenvalue weighted by atomic mass is 16.2. The molecule has 2 N–H and O–H groups in total. The summed E-state index contributed by atoms with van der Waals surface area (Å²) in [6, 6.07) is 14.6. The molecule has 1 atom stereocenters. The van der Waals surface area contributed by atoms with Crippen LogP contribution >= 0.6 is 0 Å². The molecule has 0 aliphatic carbocycles. The first-order valence-electron chi connectivity index (χ1n) is 10.4. The molecule has 7 nitrogen and oxygen atoms in total. The van der Waals surface area contributed by atoms with Crippen molar-refractivity contribution in [3.63, 3.8) is 0 Å². The number of hydrogen-bond donors (Lipinski definition) is 2. The van der Waals surface area contributed by atoms with E-state index in [1.165, 1.54) is 10.5 Å². The largest absolute Gasteiger partial charge is 0.345 e. The van der Waals surface area contributed by atoms with E-state index in [1.807, 2.05) is 57.2 Å². The molecule has 0 spiro atoms. The van der Waals surface area contributed by atoms with Gasteiger partial charge < -0.3 is 9.88 Å². The van der Waals surface area contributed by atoms with Gasteiger partial charge in [0, 0.05) is 12.7 Å². The van der Waals surface area contributed by atoms with Crippen LogP contribution in [0, 0.1) is 12.3 Å². The zero-order chi connectivity index (χ0) is 22.1. The fraction of sp³-hybridized carbons (Fsp3) is 0.250. The maximum Gasteiger partial charge on any atom is 0.267 e. The molecule has 158 valence electrons. The van der Waals surface area contributed by atoms with Crippen LogP contribution in [0.2, 0.25) is 0 Å². The molecule has 0 radical (unpaired) electrons. The maximum absolute atomic E-state index is 13.2. The average Bonchev–Trinajstić information content (AvgIpc) is 2.77. The number of carbonyl (C=O) groups excluding carboxylic acids is 1. The van der Waals surface area contributed by atoms with Crippen LogP contribution in [0.4, 0.5) is 0 Å². The van der Waals surface area contributed by atoms with Crippen LogP contribution in [0.25, 0.3) is 16.7 Å². The number of hydrogen-bond acceptors (Lipinski definition) is 4. The predicted molar refractivity (Wildman–Crippen MR) is 120 cm³/mol. The minimum absolute atomic E-state index is 0.0514. The van der Waals surface area contributed by atoms with Gasteiger partial charge in [-0.2, -0.15) is 0 Å². The summed E-state index contributed by atoms with van der Waals surface area (Å²) in [7, 11) is 0. The molecular weight excluding hydrogens is 390 g/mol. The second-order valence-electron chi connectivity index (χ2n) is 7.75. The lowest BCUT2D eigenvalue weighted by Crippen LogP contribution is -2.36. The van der Waals surface area contributed by atoms with Crippen LogP contribution in [-0.2, 0) is 6.54 Å². The number of rotatable bonds is 5. The molecule has 31 heavy (non-hydrogen) atoms. The number of carbonyl (C=O) groups is 1. The first kappa shape index (κ1) is 20.5. The Balaban J connectivity index is 1.89. The first-order valence-corrected chi connectivity index (χ1v) is 10.4. The van der Waals surface area contributed by atoms with Crippen molar-refractivity contribution in [2.75, 3.05) is 0 Å². The molecule has 0 unspecified atom stereocenters. The molecule has 0 aliphatic heterocycles. The SMILES string of the molecule is CCCn1c(=N)c(C(=O)N[C@H](C)c2ccccc2)cc2c(=O)n3cc(C)ccc3nc21. The molecule has 0 bridgehead atoms. The Kier molecular flexibility index (Phi) is 5.42. The van der Waals surface area contributed by atoms with Crippen molar-refractivity contribution in [3.05, 3.63) is 87.3 Å². The van der Waals surface area contributed by atoms with E-state index < -0.39 is 0 Å². The zero-order valence-corrected chi connectivity index (χ0v) is 17.8. The average molecular weight is 415 g/mol. The van der Waals surface area contributed by atoms with Gasteiger partial charge in [0.15, 0.2) is 0 Å². The topological polar surface area (TPSA) is 92.2 Å². The number of aryl methyl sites for hydroxylation is 2. The van der Waals surface area contributed by atoms with Gasteiger partial charge in [0.1, 0.15) is 16.8 Å². The summed E-state index contributed by atoms with van der Waals surface area (Å²) in [6.45, 7) is 6.27. The summed E-state index contributed by atoms with van der Waals surface area (Å²) in [4.78, 5) is 31.0. The van der Waals surface area contributed by atoms with Crippen molar-refractivity contribution in [1.29, 1.82) is 5.41 Å². The number of nitrogens with zero attached hydrogens (tertiary/aromatic N) is 3. The quantitative estimate of drug-likeness (QED) is 0.490. The molecule has 1 amide bonds. The van der Waals surface area contributed by atoms with Gasteiger partial charge in [0.05, 0.1) is 17.0 Å². The summed E-state index contributed by atoms with van der Waals surface area (Å²) in [5.41, 5.74) is 2.80. The van der Waals surface area contributed by atoms with E-state index in [4.69, 9.17) is 5.41 Å². The number of benzene rings is 1. The van der Waals surface area contributed by atoms with Crippen LogP contribution in [0.3, 0.4) is 0 Å². The van der Waals surface area contributed by atoms with Gasteiger partial charge in [0.2, 0.25) is 0 Å². The summed E-state index contributed by atoms with van der Waals surface area (Å²) < 4.78 is 3.14. The van der Waals surface area contributed by atoms with Crippen LogP contribution in [0.15, 0.2) is 59.5 Å². The van der Waals surface area contributed by atoms with Crippen molar-refractivity contribution in [2.45, 2.75) is 39.8 Å². The number of fused-ring (bicyclic) bond motifs is 2. The van der Waals surface area contributed by atoms with Crippen molar-refractivity contribution in [3.8, 4) is 0 Å². The molecule has 0 saturated heterocycles. The minimum atomic E-state index is -0.387. The number of aromatic nitrogens is 3. The van der Waals surface area contributed by atoms with Gasteiger partial charge in [-0.25, -0.2) is 4.98 Å². The van der Waals surface area contributed by atoms with E-state index >= 15 is 0 Å². The van der Waals surface area contributed by atoms with Gasteiger partial charge in [0.25, 0.3) is 11.5 Å². The lowest BCUT2D eigenvalue weighted by molar-refractivity contribution is 0.0937. The fourth-order valence-corrected chi connectivity index (χ4v) is 3.76. The van der Waals surface area contributed by atoms with Crippen LogP contribution in [-0.4, -0.2) is 19.9 Å². The first-order chi connectivity index (χ1) is 14.9. The van der Waals surface area contributed by atoms with E-state index in [2.05, 4.69) is 10.3 Å². The van der Waals surface area contributed by atoms with Gasteiger partial charge in [-0.3, -0.25) is 19.4 Å². The van der Waals surface area contributed by atoms with E-state index in [9.17, 15) is 9.59 Å². The number of nitrogens with one attached hydrogen (secondary N) is 2. The highest BCUT2D eigenvalue weighted by molar-refractivity contribution is 5.97. The monoisotopic (exact) mass is 415 g/mol. The van der Waals surface area contributed by atoms with Gasteiger partial charge in [-0.05, 0) is 43.5 Å². The Morgan fingerprint density at radius 3 is 2.65 bits per heavy atom. The molecule has 3 aromatic heterocycles. The second-order valence-corrected chi connectivity index (χ2v) is 7.75. The summed E-state index contributed by atoms with van der Waals surface area (Å²) >= 11 is 0. The Morgan fingerprint density at radius 2 is 1.94 bits per heavy atom. The van der Waals surface area contributed by atoms with E-state index in [1.54, 1.807) is 16.8 Å². The van der Waals surface area contributed by atoms with Crippen LogP contribution in [0.5, 0.6) is 0 Å². The van der Waals surface area contributed by atoms with Crippen molar-refractivity contribution in [1.82, 2.24) is 19.3 Å². The molecule has 0 fully saturated rings. The molecule has 1 aromatic carbocycles. The molecule has 4 rings (SSSR count). The molecular formula is C24H25N5O2. The van der Waals surface area contributed by atoms with Gasteiger partial charge in [-0.1, -0.05) is 43.3 Å². The molecule has 0 aliphatic rings. The second kappa shape index (κ2) is 8.18. The summed E-state index contributed by atoms with van der Waals surface area (Å²) in [5.74, 6) is -0.387.